The zero-order chi connectivity index (χ0) is 14.4. The third-order valence-electron chi connectivity index (χ3n) is 3.69. The van der Waals surface area contributed by atoms with E-state index in [1.165, 1.54) is 12.1 Å². The smallest absolute Gasteiger partial charge is 0.127 e. The molecule has 1 aromatic carbocycles. The van der Waals surface area contributed by atoms with Crippen LogP contribution in [-0.4, -0.2) is 25.4 Å². The average Bonchev–Trinajstić information content (AvgIpc) is 2.91. The lowest BCUT2D eigenvalue weighted by molar-refractivity contribution is 0.0903. The summed E-state index contributed by atoms with van der Waals surface area (Å²) in [5.41, 5.74) is 6.80. The van der Waals surface area contributed by atoms with Crippen molar-refractivity contribution in [2.24, 2.45) is 5.73 Å². The number of hydrogen-bond donors (Lipinski definition) is 1. The highest BCUT2D eigenvalue weighted by Gasteiger charge is 2.15. The molecule has 20 heavy (non-hydrogen) atoms. The topological polar surface area (TPSA) is 44.5 Å². The van der Waals surface area contributed by atoms with E-state index in [0.29, 0.717) is 24.9 Å². The van der Waals surface area contributed by atoms with E-state index in [0.717, 1.165) is 37.9 Å². The first-order valence-corrected chi connectivity index (χ1v) is 7.47. The van der Waals surface area contributed by atoms with Gasteiger partial charge in [0.2, 0.25) is 0 Å². The molecular weight excluding hydrogens is 257 g/mol. The SMILES string of the molecule is CCC(N)Cc1cc(F)cc(OCCC2CCCO2)c1. The summed E-state index contributed by atoms with van der Waals surface area (Å²) in [7, 11) is 0. The fraction of sp³-hybridized carbons (Fsp3) is 0.625. The standard InChI is InChI=1S/C16H24FNO2/c1-2-14(18)9-12-8-13(17)11-16(10-12)20-7-5-15-4-3-6-19-15/h8,10-11,14-15H,2-7,9,18H2,1H3. The quantitative estimate of drug-likeness (QED) is 0.835. The van der Waals surface area contributed by atoms with Crippen molar-refractivity contribution in [3.8, 4) is 5.75 Å². The van der Waals surface area contributed by atoms with Crippen molar-refractivity contribution in [1.82, 2.24) is 0 Å². The van der Waals surface area contributed by atoms with Crippen LogP contribution < -0.4 is 10.5 Å². The van der Waals surface area contributed by atoms with Gasteiger partial charge < -0.3 is 15.2 Å². The van der Waals surface area contributed by atoms with Gasteiger partial charge in [-0.3, -0.25) is 0 Å². The molecule has 2 N–H and O–H groups in total. The van der Waals surface area contributed by atoms with Gasteiger partial charge in [-0.2, -0.15) is 0 Å². The molecule has 112 valence electrons. The highest BCUT2D eigenvalue weighted by Crippen LogP contribution is 2.20. The summed E-state index contributed by atoms with van der Waals surface area (Å²) in [6, 6.07) is 4.91. The molecule has 2 rings (SSSR count). The van der Waals surface area contributed by atoms with Crippen LogP contribution >= 0.6 is 0 Å². The van der Waals surface area contributed by atoms with Gasteiger partial charge in [-0.05, 0) is 43.4 Å². The van der Waals surface area contributed by atoms with Crippen LogP contribution in [0.3, 0.4) is 0 Å². The van der Waals surface area contributed by atoms with Crippen molar-refractivity contribution in [2.75, 3.05) is 13.2 Å². The summed E-state index contributed by atoms with van der Waals surface area (Å²) >= 11 is 0. The number of rotatable bonds is 7. The van der Waals surface area contributed by atoms with Gasteiger partial charge >= 0.3 is 0 Å². The van der Waals surface area contributed by atoms with Crippen LogP contribution in [0.1, 0.15) is 38.2 Å². The van der Waals surface area contributed by atoms with E-state index < -0.39 is 0 Å². The van der Waals surface area contributed by atoms with Crippen LogP contribution in [0.25, 0.3) is 0 Å². The van der Waals surface area contributed by atoms with E-state index in [9.17, 15) is 4.39 Å². The van der Waals surface area contributed by atoms with Crippen molar-refractivity contribution in [3.63, 3.8) is 0 Å². The zero-order valence-corrected chi connectivity index (χ0v) is 12.1. The maximum Gasteiger partial charge on any atom is 0.127 e. The Hall–Kier alpha value is -1.13. The molecule has 1 fully saturated rings. The summed E-state index contributed by atoms with van der Waals surface area (Å²) in [6.07, 6.45) is 4.95. The van der Waals surface area contributed by atoms with E-state index in [1.54, 1.807) is 0 Å². The molecule has 0 aromatic heterocycles. The van der Waals surface area contributed by atoms with E-state index >= 15 is 0 Å². The molecule has 1 aromatic rings. The maximum absolute atomic E-state index is 13.6. The highest BCUT2D eigenvalue weighted by molar-refractivity contribution is 5.30. The third-order valence-corrected chi connectivity index (χ3v) is 3.69. The molecule has 1 aliphatic heterocycles. The predicted octanol–water partition coefficient (Wildman–Crippen LogP) is 3.05. The number of benzene rings is 1. The first kappa shape index (κ1) is 15.3. The Morgan fingerprint density at radius 2 is 2.30 bits per heavy atom. The fourth-order valence-corrected chi connectivity index (χ4v) is 2.45. The minimum absolute atomic E-state index is 0.0662. The van der Waals surface area contributed by atoms with Crippen LogP contribution in [0.2, 0.25) is 0 Å². The predicted molar refractivity (Wildman–Crippen MR) is 77.5 cm³/mol. The van der Waals surface area contributed by atoms with Gasteiger partial charge in [-0.1, -0.05) is 6.92 Å². The van der Waals surface area contributed by atoms with Crippen molar-refractivity contribution in [3.05, 3.63) is 29.6 Å². The summed E-state index contributed by atoms with van der Waals surface area (Å²) in [5.74, 6) is 0.319. The normalized spacial score (nSPS) is 20.1. The van der Waals surface area contributed by atoms with Crippen LogP contribution in [0.4, 0.5) is 4.39 Å². The molecule has 3 nitrogen and oxygen atoms in total. The molecule has 1 saturated heterocycles. The number of ether oxygens (including phenoxy) is 2. The largest absolute Gasteiger partial charge is 0.493 e. The molecule has 0 saturated carbocycles. The molecule has 4 heteroatoms. The third kappa shape index (κ3) is 4.76. The number of hydrogen-bond acceptors (Lipinski definition) is 3. The summed E-state index contributed by atoms with van der Waals surface area (Å²) < 4.78 is 24.7. The molecule has 2 unspecified atom stereocenters. The Kier molecular flexibility index (Phi) is 5.80. The van der Waals surface area contributed by atoms with E-state index in [4.69, 9.17) is 15.2 Å². The van der Waals surface area contributed by atoms with E-state index in [2.05, 4.69) is 0 Å². The Balaban J connectivity index is 1.86. The molecule has 0 spiro atoms. The summed E-state index contributed by atoms with van der Waals surface area (Å²) in [4.78, 5) is 0. The average molecular weight is 281 g/mol. The lowest BCUT2D eigenvalue weighted by atomic mass is 10.0. The molecule has 0 aliphatic carbocycles. The summed E-state index contributed by atoms with van der Waals surface area (Å²) in [6.45, 7) is 3.44. The van der Waals surface area contributed by atoms with Gasteiger partial charge in [0.05, 0.1) is 12.7 Å². The first-order valence-electron chi connectivity index (χ1n) is 7.47. The first-order chi connectivity index (χ1) is 9.67. The number of halogens is 1. The molecule has 0 amide bonds. The second kappa shape index (κ2) is 7.60. The Bertz CT molecular complexity index is 419. The van der Waals surface area contributed by atoms with Gasteiger partial charge in [0, 0.05) is 25.1 Å². The summed E-state index contributed by atoms with van der Waals surface area (Å²) in [5, 5.41) is 0. The van der Waals surface area contributed by atoms with Crippen LogP contribution in [0.15, 0.2) is 18.2 Å². The van der Waals surface area contributed by atoms with Crippen molar-refractivity contribution in [2.45, 2.75) is 51.2 Å². The molecule has 0 bridgehead atoms. The van der Waals surface area contributed by atoms with E-state index in [-0.39, 0.29) is 11.9 Å². The number of nitrogens with two attached hydrogens (primary N) is 1. The van der Waals surface area contributed by atoms with Gasteiger partial charge in [0.1, 0.15) is 11.6 Å². The molecule has 1 heterocycles. The maximum atomic E-state index is 13.6. The lowest BCUT2D eigenvalue weighted by Gasteiger charge is -2.13. The second-order valence-corrected chi connectivity index (χ2v) is 5.44. The highest BCUT2D eigenvalue weighted by atomic mass is 19.1. The molecular formula is C16H24FNO2. The zero-order valence-electron chi connectivity index (χ0n) is 12.1. The minimum Gasteiger partial charge on any atom is -0.493 e. The Morgan fingerprint density at radius 3 is 3.00 bits per heavy atom. The van der Waals surface area contributed by atoms with Gasteiger partial charge in [-0.15, -0.1) is 0 Å². The molecule has 1 aliphatic rings. The monoisotopic (exact) mass is 281 g/mol. The van der Waals surface area contributed by atoms with Crippen molar-refractivity contribution < 1.29 is 13.9 Å². The Labute approximate surface area is 120 Å². The van der Waals surface area contributed by atoms with Crippen molar-refractivity contribution in [1.29, 1.82) is 0 Å². The lowest BCUT2D eigenvalue weighted by Crippen LogP contribution is -2.21. The van der Waals surface area contributed by atoms with Crippen LogP contribution in [0, 0.1) is 5.82 Å². The molecule has 0 radical (unpaired) electrons. The van der Waals surface area contributed by atoms with Crippen molar-refractivity contribution >= 4 is 0 Å². The van der Waals surface area contributed by atoms with Crippen LogP contribution in [0.5, 0.6) is 5.75 Å². The molecule has 2 atom stereocenters. The van der Waals surface area contributed by atoms with E-state index in [1.807, 2.05) is 13.0 Å². The fourth-order valence-electron chi connectivity index (χ4n) is 2.45. The Morgan fingerprint density at radius 1 is 1.45 bits per heavy atom. The van der Waals surface area contributed by atoms with Gasteiger partial charge in [-0.25, -0.2) is 4.39 Å². The van der Waals surface area contributed by atoms with Gasteiger partial charge in [0.25, 0.3) is 0 Å². The van der Waals surface area contributed by atoms with Gasteiger partial charge in [0.15, 0.2) is 0 Å². The minimum atomic E-state index is -0.266. The second-order valence-electron chi connectivity index (χ2n) is 5.44. The van der Waals surface area contributed by atoms with Crippen LogP contribution in [-0.2, 0) is 11.2 Å².